The molecule has 2 heteroatoms. The van der Waals surface area contributed by atoms with Gasteiger partial charge in [-0.3, -0.25) is 4.79 Å². The fourth-order valence-corrected chi connectivity index (χ4v) is 4.60. The van der Waals surface area contributed by atoms with Gasteiger partial charge in [-0.2, -0.15) is 0 Å². The van der Waals surface area contributed by atoms with Crippen molar-refractivity contribution in [3.8, 4) is 0 Å². The second-order valence-electron chi connectivity index (χ2n) is 6.01. The van der Waals surface area contributed by atoms with E-state index in [4.69, 9.17) is 5.11 Å². The summed E-state index contributed by atoms with van der Waals surface area (Å²) in [4.78, 5) is 10.7. The molecule has 0 spiro atoms. The Morgan fingerprint density at radius 3 is 2.79 bits per heavy atom. The lowest BCUT2D eigenvalue weighted by molar-refractivity contribution is -0.142. The van der Waals surface area contributed by atoms with E-state index in [1.54, 1.807) is 0 Å². The van der Waals surface area contributed by atoms with Crippen molar-refractivity contribution in [1.29, 1.82) is 0 Å². The molecule has 5 atom stereocenters. The van der Waals surface area contributed by atoms with Gasteiger partial charge in [0, 0.05) is 6.42 Å². The standard InChI is InChI=1S/C12H18O2/c1-12-3-2-7-8(4-11(13)14)10(6-12)9(7)5-12/h7-10H,2-6H2,1H3,(H,13,14)/t7-,8+,9-,10+,12-/m1/s1. The molecule has 78 valence electrons. The Morgan fingerprint density at radius 1 is 1.36 bits per heavy atom. The van der Waals surface area contributed by atoms with Crippen molar-refractivity contribution >= 4 is 5.97 Å². The summed E-state index contributed by atoms with van der Waals surface area (Å²) in [6.45, 7) is 2.40. The number of aliphatic carboxylic acids is 1. The summed E-state index contributed by atoms with van der Waals surface area (Å²) >= 11 is 0. The highest BCUT2D eigenvalue weighted by molar-refractivity contribution is 5.67. The second kappa shape index (κ2) is 2.53. The minimum absolute atomic E-state index is 0.432. The van der Waals surface area contributed by atoms with E-state index in [0.717, 1.165) is 17.8 Å². The molecule has 3 fully saturated rings. The summed E-state index contributed by atoms with van der Waals surface area (Å²) in [6, 6.07) is 0. The molecule has 0 unspecified atom stereocenters. The molecule has 14 heavy (non-hydrogen) atoms. The average Bonchev–Trinajstić information content (AvgIpc) is 2.24. The van der Waals surface area contributed by atoms with Gasteiger partial charge in [-0.1, -0.05) is 6.92 Å². The van der Waals surface area contributed by atoms with Crippen molar-refractivity contribution in [3.63, 3.8) is 0 Å². The highest BCUT2D eigenvalue weighted by Gasteiger charge is 2.61. The molecule has 3 aliphatic rings. The van der Waals surface area contributed by atoms with Crippen LogP contribution in [0.2, 0.25) is 0 Å². The van der Waals surface area contributed by atoms with E-state index in [1.807, 2.05) is 0 Å². The summed E-state index contributed by atoms with van der Waals surface area (Å²) in [5.74, 6) is 2.38. The minimum atomic E-state index is -0.589. The van der Waals surface area contributed by atoms with Crippen LogP contribution < -0.4 is 0 Å². The maximum atomic E-state index is 10.7. The lowest BCUT2D eigenvalue weighted by atomic mass is 9.55. The van der Waals surface area contributed by atoms with Crippen LogP contribution >= 0.6 is 0 Å². The smallest absolute Gasteiger partial charge is 0.303 e. The predicted octanol–water partition coefficient (Wildman–Crippen LogP) is 2.53. The van der Waals surface area contributed by atoms with Crippen LogP contribution in [0.4, 0.5) is 0 Å². The van der Waals surface area contributed by atoms with E-state index in [1.165, 1.54) is 25.7 Å². The van der Waals surface area contributed by atoms with Crippen LogP contribution in [0.5, 0.6) is 0 Å². The zero-order valence-corrected chi connectivity index (χ0v) is 8.70. The van der Waals surface area contributed by atoms with Crippen LogP contribution in [0.25, 0.3) is 0 Å². The van der Waals surface area contributed by atoms with E-state index in [-0.39, 0.29) is 0 Å². The highest BCUT2D eigenvalue weighted by atomic mass is 16.4. The quantitative estimate of drug-likeness (QED) is 0.733. The van der Waals surface area contributed by atoms with Crippen molar-refractivity contribution in [3.05, 3.63) is 0 Å². The first kappa shape index (κ1) is 8.75. The molecule has 2 nitrogen and oxygen atoms in total. The number of hydrogen-bond acceptors (Lipinski definition) is 1. The third-order valence-electron chi connectivity index (χ3n) is 5.15. The lowest BCUT2D eigenvalue weighted by Crippen LogP contribution is -2.45. The van der Waals surface area contributed by atoms with Crippen molar-refractivity contribution in [2.24, 2.45) is 29.1 Å². The van der Waals surface area contributed by atoms with Gasteiger partial charge in [-0.25, -0.2) is 0 Å². The Balaban J connectivity index is 1.78. The van der Waals surface area contributed by atoms with Crippen LogP contribution in [0.15, 0.2) is 0 Å². The van der Waals surface area contributed by atoms with Crippen LogP contribution in [-0.4, -0.2) is 11.1 Å². The monoisotopic (exact) mass is 194 g/mol. The van der Waals surface area contributed by atoms with Crippen molar-refractivity contribution in [2.75, 3.05) is 0 Å². The minimum Gasteiger partial charge on any atom is -0.481 e. The predicted molar refractivity (Wildman–Crippen MR) is 52.8 cm³/mol. The molecule has 2 bridgehead atoms. The van der Waals surface area contributed by atoms with Crippen LogP contribution in [0.1, 0.15) is 39.0 Å². The number of carboxylic acids is 1. The molecule has 3 saturated carbocycles. The van der Waals surface area contributed by atoms with Gasteiger partial charge < -0.3 is 5.11 Å². The maximum absolute atomic E-state index is 10.7. The molecule has 3 rings (SSSR count). The molecule has 0 radical (unpaired) electrons. The number of fused-ring (bicyclic) bond motifs is 1. The second-order valence-corrected chi connectivity index (χ2v) is 6.01. The summed E-state index contributed by atoms with van der Waals surface area (Å²) in [5.41, 5.74) is 0.582. The zero-order valence-electron chi connectivity index (χ0n) is 8.70. The summed E-state index contributed by atoms with van der Waals surface area (Å²) in [7, 11) is 0. The van der Waals surface area contributed by atoms with Gasteiger partial charge in [0.15, 0.2) is 0 Å². The highest BCUT2D eigenvalue weighted by Crippen LogP contribution is 2.68. The van der Waals surface area contributed by atoms with Crippen molar-refractivity contribution in [2.45, 2.75) is 39.0 Å². The third kappa shape index (κ3) is 0.999. The Kier molecular flexibility index (Phi) is 1.58. The molecular formula is C12H18O2. The van der Waals surface area contributed by atoms with Gasteiger partial charge in [0.05, 0.1) is 0 Å². The molecule has 0 amide bonds. The zero-order chi connectivity index (χ0) is 9.92. The summed E-state index contributed by atoms with van der Waals surface area (Å²) in [5, 5.41) is 8.86. The Hall–Kier alpha value is -0.530. The van der Waals surface area contributed by atoms with E-state index >= 15 is 0 Å². The first-order valence-electron chi connectivity index (χ1n) is 5.81. The SMILES string of the molecule is C[C@]12CC[C@@H]3[C@H](CC(=O)O)[C@H](C1)[C@@H]3C2. The average molecular weight is 194 g/mol. The maximum Gasteiger partial charge on any atom is 0.303 e. The number of carboxylic acid groups (broad SMARTS) is 1. The molecule has 0 saturated heterocycles. The molecule has 0 heterocycles. The van der Waals surface area contributed by atoms with Gasteiger partial charge in [0.2, 0.25) is 0 Å². The fourth-order valence-electron chi connectivity index (χ4n) is 4.60. The van der Waals surface area contributed by atoms with E-state index in [9.17, 15) is 4.79 Å². The topological polar surface area (TPSA) is 37.3 Å². The van der Waals surface area contributed by atoms with Gasteiger partial charge in [-0.05, 0) is 54.8 Å². The number of carbonyl (C=O) groups is 1. The normalized spacial score (nSPS) is 54.1. The van der Waals surface area contributed by atoms with Crippen molar-refractivity contribution < 1.29 is 9.90 Å². The van der Waals surface area contributed by atoms with Crippen LogP contribution in [0.3, 0.4) is 0 Å². The van der Waals surface area contributed by atoms with Crippen LogP contribution in [-0.2, 0) is 4.79 Å². The molecule has 3 aliphatic carbocycles. The molecule has 1 N–H and O–H groups in total. The Labute approximate surface area is 84.7 Å². The first-order valence-corrected chi connectivity index (χ1v) is 5.81. The Morgan fingerprint density at radius 2 is 2.07 bits per heavy atom. The summed E-state index contributed by atoms with van der Waals surface area (Å²) in [6.07, 6.45) is 5.78. The molecule has 0 aromatic rings. The first-order chi connectivity index (χ1) is 6.59. The number of rotatable bonds is 2. The molecule has 0 aromatic heterocycles. The largest absolute Gasteiger partial charge is 0.481 e. The third-order valence-corrected chi connectivity index (χ3v) is 5.15. The van der Waals surface area contributed by atoms with E-state index in [2.05, 4.69) is 6.92 Å². The van der Waals surface area contributed by atoms with Crippen LogP contribution in [0, 0.1) is 29.1 Å². The van der Waals surface area contributed by atoms with E-state index in [0.29, 0.717) is 17.8 Å². The number of hydrogen-bond donors (Lipinski definition) is 1. The molecular weight excluding hydrogens is 176 g/mol. The Bertz CT molecular complexity index is 286. The van der Waals surface area contributed by atoms with Gasteiger partial charge in [-0.15, -0.1) is 0 Å². The fraction of sp³-hybridized carbons (Fsp3) is 0.917. The van der Waals surface area contributed by atoms with Gasteiger partial charge in [0.25, 0.3) is 0 Å². The lowest BCUT2D eigenvalue weighted by Gasteiger charge is -2.50. The molecule has 0 aromatic carbocycles. The molecule has 0 aliphatic heterocycles. The van der Waals surface area contributed by atoms with Gasteiger partial charge in [0.1, 0.15) is 0 Å². The van der Waals surface area contributed by atoms with Gasteiger partial charge >= 0.3 is 5.97 Å². The van der Waals surface area contributed by atoms with E-state index < -0.39 is 5.97 Å². The van der Waals surface area contributed by atoms with Crippen molar-refractivity contribution in [1.82, 2.24) is 0 Å². The summed E-state index contributed by atoms with van der Waals surface area (Å²) < 4.78 is 0.